The largest absolute Gasteiger partial charge is 0.296 e. The van der Waals surface area contributed by atoms with Gasteiger partial charge in [-0.25, -0.2) is 0 Å². The van der Waals surface area contributed by atoms with Crippen LogP contribution in [0.4, 0.5) is 0 Å². The van der Waals surface area contributed by atoms with Gasteiger partial charge in [0.25, 0.3) is 0 Å². The minimum absolute atomic E-state index is 0.937. The fourth-order valence-corrected chi connectivity index (χ4v) is 3.03. The summed E-state index contributed by atoms with van der Waals surface area (Å²) in [6.07, 6.45) is 8.71. The molecule has 2 heterocycles. The van der Waals surface area contributed by atoms with Gasteiger partial charge in [-0.15, -0.1) is 0 Å². The van der Waals surface area contributed by atoms with Gasteiger partial charge in [-0.2, -0.15) is 0 Å². The zero-order valence-electron chi connectivity index (χ0n) is 16.5. The van der Waals surface area contributed by atoms with E-state index in [2.05, 4.69) is 57.9 Å². The molecule has 0 saturated carbocycles. The van der Waals surface area contributed by atoms with Gasteiger partial charge in [-0.05, 0) is 50.2 Å². The molecule has 2 rings (SSSR count). The van der Waals surface area contributed by atoms with Crippen LogP contribution >= 0.6 is 0 Å². The highest BCUT2D eigenvalue weighted by molar-refractivity contribution is 5.04. The topological polar surface area (TPSA) is 32.3 Å². The Labute approximate surface area is 159 Å². The fraction of sp³-hybridized carbons (Fsp3) is 0.545. The van der Waals surface area contributed by atoms with Gasteiger partial charge in [0.2, 0.25) is 0 Å². The van der Waals surface area contributed by atoms with Crippen LogP contribution in [0.5, 0.6) is 0 Å². The third-order valence-electron chi connectivity index (χ3n) is 4.61. The van der Waals surface area contributed by atoms with Crippen LogP contribution in [0.25, 0.3) is 0 Å². The summed E-state index contributed by atoms with van der Waals surface area (Å²) in [6.45, 7) is 10.8. The van der Waals surface area contributed by atoms with Gasteiger partial charge in [0.1, 0.15) is 0 Å². The molecule has 0 bridgehead atoms. The smallest absolute Gasteiger partial charge is 0.0543 e. The van der Waals surface area contributed by atoms with Crippen LogP contribution in [0, 0.1) is 0 Å². The van der Waals surface area contributed by atoms with Crippen LogP contribution in [-0.2, 0) is 13.1 Å². The van der Waals surface area contributed by atoms with E-state index < -0.39 is 0 Å². The maximum atomic E-state index is 4.51. The van der Waals surface area contributed by atoms with E-state index in [0.717, 1.165) is 50.7 Å². The molecule has 0 aliphatic carbocycles. The highest BCUT2D eigenvalue weighted by Gasteiger charge is 2.11. The molecule has 0 aliphatic heterocycles. The first kappa shape index (κ1) is 20.5. The number of aromatic nitrogens is 2. The van der Waals surface area contributed by atoms with Crippen molar-refractivity contribution < 1.29 is 0 Å². The Bertz CT molecular complexity index is 520. The third kappa shape index (κ3) is 8.07. The molecule has 0 fully saturated rings. The maximum absolute atomic E-state index is 4.51. The molecule has 2 aromatic heterocycles. The third-order valence-corrected chi connectivity index (χ3v) is 4.61. The Balaban J connectivity index is 1.92. The summed E-state index contributed by atoms with van der Waals surface area (Å²) in [5.41, 5.74) is 2.32. The summed E-state index contributed by atoms with van der Waals surface area (Å²) < 4.78 is 0. The van der Waals surface area contributed by atoms with E-state index in [1.165, 1.54) is 25.7 Å². The predicted molar refractivity (Wildman–Crippen MR) is 109 cm³/mol. The van der Waals surface area contributed by atoms with Crippen molar-refractivity contribution in [3.8, 4) is 0 Å². The normalized spacial score (nSPS) is 11.4. The Morgan fingerprint density at radius 2 is 1.12 bits per heavy atom. The summed E-state index contributed by atoms with van der Waals surface area (Å²) in [5.74, 6) is 0. The molecule has 0 amide bonds. The second-order valence-corrected chi connectivity index (χ2v) is 6.90. The Morgan fingerprint density at radius 1 is 0.654 bits per heavy atom. The van der Waals surface area contributed by atoms with Gasteiger partial charge in [0.05, 0.1) is 11.4 Å². The Morgan fingerprint density at radius 3 is 1.46 bits per heavy atom. The number of pyridine rings is 2. The zero-order chi connectivity index (χ0) is 18.5. The molecular formula is C22H34N4. The van der Waals surface area contributed by atoms with Gasteiger partial charge in [-0.3, -0.25) is 19.8 Å². The van der Waals surface area contributed by atoms with Crippen molar-refractivity contribution in [3.05, 3.63) is 60.2 Å². The lowest BCUT2D eigenvalue weighted by molar-refractivity contribution is 0.187. The van der Waals surface area contributed by atoms with Crippen LogP contribution < -0.4 is 0 Å². The summed E-state index contributed by atoms with van der Waals surface area (Å²) in [4.78, 5) is 14.1. The second kappa shape index (κ2) is 12.6. The summed E-state index contributed by atoms with van der Waals surface area (Å²) in [7, 11) is 0. The van der Waals surface area contributed by atoms with E-state index >= 15 is 0 Å². The van der Waals surface area contributed by atoms with Crippen molar-refractivity contribution in [2.75, 3.05) is 26.2 Å². The van der Waals surface area contributed by atoms with E-state index in [9.17, 15) is 0 Å². The first-order valence-corrected chi connectivity index (χ1v) is 10.1. The molecule has 0 unspecified atom stereocenters. The van der Waals surface area contributed by atoms with Crippen molar-refractivity contribution in [2.45, 2.75) is 52.6 Å². The SMILES string of the molecule is CCCCN(CCN(CCCC)Cc1ccccn1)Cc1ccccn1. The molecule has 0 aliphatic rings. The molecule has 4 nitrogen and oxygen atoms in total. The number of hydrogen-bond donors (Lipinski definition) is 0. The predicted octanol–water partition coefficient (Wildman–Crippen LogP) is 4.38. The van der Waals surface area contributed by atoms with Gasteiger partial charge in [-0.1, -0.05) is 38.8 Å². The molecular weight excluding hydrogens is 320 g/mol. The van der Waals surface area contributed by atoms with Crippen LogP contribution in [0.1, 0.15) is 50.9 Å². The molecule has 0 spiro atoms. The van der Waals surface area contributed by atoms with E-state index in [4.69, 9.17) is 0 Å². The van der Waals surface area contributed by atoms with Crippen molar-refractivity contribution in [1.29, 1.82) is 0 Å². The number of hydrogen-bond acceptors (Lipinski definition) is 4. The lowest BCUT2D eigenvalue weighted by Crippen LogP contribution is -2.36. The number of rotatable bonds is 13. The molecule has 2 aromatic rings. The monoisotopic (exact) mass is 354 g/mol. The van der Waals surface area contributed by atoms with Crippen LogP contribution in [0.2, 0.25) is 0 Å². The molecule has 0 N–H and O–H groups in total. The lowest BCUT2D eigenvalue weighted by Gasteiger charge is -2.27. The molecule has 26 heavy (non-hydrogen) atoms. The minimum Gasteiger partial charge on any atom is -0.296 e. The Hall–Kier alpha value is -1.78. The number of unbranched alkanes of at least 4 members (excludes halogenated alkanes) is 2. The zero-order valence-corrected chi connectivity index (χ0v) is 16.5. The van der Waals surface area contributed by atoms with Crippen LogP contribution in [-0.4, -0.2) is 45.9 Å². The van der Waals surface area contributed by atoms with Crippen molar-refractivity contribution >= 4 is 0 Å². The van der Waals surface area contributed by atoms with Gasteiger partial charge < -0.3 is 0 Å². The standard InChI is InChI=1S/C22H34N4/c1-3-5-15-25(19-21-11-7-9-13-23-21)17-18-26(16-6-4-2)20-22-12-8-10-14-24-22/h7-14H,3-6,15-20H2,1-2H3. The minimum atomic E-state index is 0.937. The first-order chi connectivity index (χ1) is 12.8. The van der Waals surface area contributed by atoms with E-state index in [0.29, 0.717) is 0 Å². The van der Waals surface area contributed by atoms with Crippen molar-refractivity contribution in [2.24, 2.45) is 0 Å². The van der Waals surface area contributed by atoms with Gasteiger partial charge in [0.15, 0.2) is 0 Å². The van der Waals surface area contributed by atoms with Gasteiger partial charge >= 0.3 is 0 Å². The number of nitrogens with zero attached hydrogens (tertiary/aromatic N) is 4. The highest BCUT2D eigenvalue weighted by atomic mass is 15.2. The average Bonchev–Trinajstić information content (AvgIpc) is 2.69. The molecule has 0 saturated heterocycles. The second-order valence-electron chi connectivity index (χ2n) is 6.90. The van der Waals surface area contributed by atoms with Crippen molar-refractivity contribution in [3.63, 3.8) is 0 Å². The molecule has 4 heteroatoms. The average molecular weight is 355 g/mol. The first-order valence-electron chi connectivity index (χ1n) is 10.1. The molecule has 0 radical (unpaired) electrons. The van der Waals surface area contributed by atoms with Crippen molar-refractivity contribution in [1.82, 2.24) is 19.8 Å². The van der Waals surface area contributed by atoms with E-state index in [1.807, 2.05) is 24.5 Å². The molecule has 0 aromatic carbocycles. The fourth-order valence-electron chi connectivity index (χ4n) is 3.03. The summed E-state index contributed by atoms with van der Waals surface area (Å²) in [6, 6.07) is 12.4. The van der Waals surface area contributed by atoms with E-state index in [-0.39, 0.29) is 0 Å². The summed E-state index contributed by atoms with van der Waals surface area (Å²) >= 11 is 0. The Kier molecular flexibility index (Phi) is 9.91. The van der Waals surface area contributed by atoms with E-state index in [1.54, 1.807) is 0 Å². The molecule has 0 atom stereocenters. The summed E-state index contributed by atoms with van der Waals surface area (Å²) in [5, 5.41) is 0. The highest BCUT2D eigenvalue weighted by Crippen LogP contribution is 2.07. The maximum Gasteiger partial charge on any atom is 0.0543 e. The molecule has 142 valence electrons. The lowest BCUT2D eigenvalue weighted by atomic mass is 10.2. The van der Waals surface area contributed by atoms with Crippen LogP contribution in [0.15, 0.2) is 48.8 Å². The van der Waals surface area contributed by atoms with Gasteiger partial charge in [0, 0.05) is 38.6 Å². The quantitative estimate of drug-likeness (QED) is 0.534. The van der Waals surface area contributed by atoms with Crippen LogP contribution in [0.3, 0.4) is 0 Å².